The average Bonchev–Trinajstić information content (AvgIpc) is 2.28. The molecule has 18 heavy (non-hydrogen) atoms. The zero-order valence-electron chi connectivity index (χ0n) is 11.0. The van der Waals surface area contributed by atoms with Gasteiger partial charge in [0.2, 0.25) is 0 Å². The summed E-state index contributed by atoms with van der Waals surface area (Å²) in [6.45, 7) is 6.91. The lowest BCUT2D eigenvalue weighted by atomic mass is 10.2. The van der Waals surface area contributed by atoms with Crippen LogP contribution in [0.5, 0.6) is 0 Å². The first-order valence-corrected chi connectivity index (χ1v) is 6.80. The lowest BCUT2D eigenvalue weighted by Gasteiger charge is -2.35. The van der Waals surface area contributed by atoms with Gasteiger partial charge < -0.3 is 4.74 Å². The maximum atomic E-state index is 6.32. The predicted molar refractivity (Wildman–Crippen MR) is 76.7 cm³/mol. The van der Waals surface area contributed by atoms with Crippen molar-refractivity contribution in [2.45, 2.75) is 26.1 Å². The molecule has 0 unspecified atom stereocenters. The van der Waals surface area contributed by atoms with Gasteiger partial charge >= 0.3 is 0 Å². The van der Waals surface area contributed by atoms with E-state index in [-0.39, 0.29) is 12.2 Å². The minimum absolute atomic E-state index is 0.287. The quantitative estimate of drug-likeness (QED) is 0.831. The van der Waals surface area contributed by atoms with E-state index in [1.54, 1.807) is 0 Å². The Morgan fingerprint density at radius 2 is 1.89 bits per heavy atom. The van der Waals surface area contributed by atoms with Crippen LogP contribution in [0.1, 0.15) is 19.4 Å². The minimum atomic E-state index is 0.287. The zero-order valence-corrected chi connectivity index (χ0v) is 11.7. The summed E-state index contributed by atoms with van der Waals surface area (Å²) >= 11 is 6.32. The predicted octanol–water partition coefficient (Wildman–Crippen LogP) is 3.38. The third kappa shape index (κ3) is 4.13. The molecule has 1 fully saturated rings. The van der Waals surface area contributed by atoms with Gasteiger partial charge in [-0.15, -0.1) is 0 Å². The van der Waals surface area contributed by atoms with Crippen molar-refractivity contribution in [3.63, 3.8) is 0 Å². The van der Waals surface area contributed by atoms with E-state index >= 15 is 0 Å². The molecule has 0 spiro atoms. The highest BCUT2D eigenvalue weighted by Crippen LogP contribution is 2.16. The fraction of sp³-hybridized carbons (Fsp3) is 0.467. The number of benzene rings is 1. The Hall–Kier alpha value is -0.830. The van der Waals surface area contributed by atoms with Crippen LogP contribution in [0, 0.1) is 0 Å². The van der Waals surface area contributed by atoms with Crippen molar-refractivity contribution in [1.82, 2.24) is 4.90 Å². The highest BCUT2D eigenvalue weighted by atomic mass is 35.5. The van der Waals surface area contributed by atoms with E-state index in [1.165, 1.54) is 0 Å². The fourth-order valence-corrected chi connectivity index (χ4v) is 2.70. The molecule has 1 heterocycles. The number of rotatable bonds is 3. The van der Waals surface area contributed by atoms with Gasteiger partial charge in [-0.25, -0.2) is 0 Å². The average molecular weight is 266 g/mol. The molecule has 0 bridgehead atoms. The van der Waals surface area contributed by atoms with Crippen LogP contribution in [-0.2, 0) is 4.74 Å². The van der Waals surface area contributed by atoms with Gasteiger partial charge in [-0.05, 0) is 25.5 Å². The maximum absolute atomic E-state index is 6.32. The molecular formula is C15H20ClNO. The third-order valence-electron chi connectivity index (χ3n) is 2.99. The van der Waals surface area contributed by atoms with Crippen LogP contribution in [0.2, 0.25) is 0 Å². The van der Waals surface area contributed by atoms with Gasteiger partial charge in [0.25, 0.3) is 0 Å². The molecule has 1 aromatic rings. The van der Waals surface area contributed by atoms with Gasteiger partial charge in [-0.3, -0.25) is 4.90 Å². The van der Waals surface area contributed by atoms with Crippen molar-refractivity contribution >= 4 is 17.7 Å². The lowest BCUT2D eigenvalue weighted by molar-refractivity contribution is -0.0648. The minimum Gasteiger partial charge on any atom is -0.373 e. The summed E-state index contributed by atoms with van der Waals surface area (Å²) in [4.78, 5) is 2.35. The second-order valence-corrected chi connectivity index (χ2v) is 5.44. The molecule has 0 radical (unpaired) electrons. The third-order valence-corrected chi connectivity index (χ3v) is 3.22. The molecule has 0 aromatic heterocycles. The molecule has 1 aliphatic heterocycles. The molecule has 0 amide bonds. The SMILES string of the molecule is C[C@H]1CN(CC(Cl)=Cc2ccccc2)C[C@H](C)O1. The number of ether oxygens (including phenoxy) is 1. The monoisotopic (exact) mass is 265 g/mol. The van der Waals surface area contributed by atoms with Crippen molar-refractivity contribution < 1.29 is 4.74 Å². The number of nitrogens with zero attached hydrogens (tertiary/aromatic N) is 1. The summed E-state index contributed by atoms with van der Waals surface area (Å²) in [5, 5.41) is 0.877. The first-order chi connectivity index (χ1) is 8.63. The van der Waals surface area contributed by atoms with Crippen LogP contribution >= 0.6 is 11.6 Å². The largest absolute Gasteiger partial charge is 0.373 e. The highest BCUT2D eigenvalue weighted by Gasteiger charge is 2.22. The Kier molecular flexibility index (Phi) is 4.81. The smallest absolute Gasteiger partial charge is 0.0678 e. The topological polar surface area (TPSA) is 12.5 Å². The molecule has 0 saturated carbocycles. The second-order valence-electron chi connectivity index (χ2n) is 4.95. The summed E-state index contributed by atoms with van der Waals surface area (Å²) in [6, 6.07) is 10.2. The lowest BCUT2D eigenvalue weighted by Crippen LogP contribution is -2.45. The Bertz CT molecular complexity index is 394. The number of hydrogen-bond acceptors (Lipinski definition) is 2. The van der Waals surface area contributed by atoms with Crippen LogP contribution < -0.4 is 0 Å². The van der Waals surface area contributed by atoms with Crippen molar-refractivity contribution in [3.8, 4) is 0 Å². The molecular weight excluding hydrogens is 246 g/mol. The van der Waals surface area contributed by atoms with Crippen LogP contribution in [-0.4, -0.2) is 36.7 Å². The van der Waals surface area contributed by atoms with Gasteiger partial charge in [0.05, 0.1) is 12.2 Å². The van der Waals surface area contributed by atoms with Crippen molar-refractivity contribution in [3.05, 3.63) is 40.9 Å². The first-order valence-electron chi connectivity index (χ1n) is 6.42. The summed E-state index contributed by atoms with van der Waals surface area (Å²) < 4.78 is 5.71. The highest BCUT2D eigenvalue weighted by molar-refractivity contribution is 6.31. The standard InChI is InChI=1S/C15H20ClNO/c1-12-9-17(10-13(2)18-12)11-15(16)8-14-6-4-3-5-7-14/h3-8,12-13H,9-11H2,1-2H3/t12-,13-/m0/s1. The zero-order chi connectivity index (χ0) is 13.0. The van der Waals surface area contributed by atoms with E-state index in [0.29, 0.717) is 0 Å². The number of halogens is 1. The fourth-order valence-electron chi connectivity index (χ4n) is 2.40. The Balaban J connectivity index is 1.94. The van der Waals surface area contributed by atoms with E-state index in [0.717, 1.165) is 30.2 Å². The summed E-state index contributed by atoms with van der Waals surface area (Å²) in [6.07, 6.45) is 2.61. The number of hydrogen-bond donors (Lipinski definition) is 0. The molecule has 0 aliphatic carbocycles. The van der Waals surface area contributed by atoms with E-state index in [1.807, 2.05) is 24.3 Å². The molecule has 1 saturated heterocycles. The molecule has 2 nitrogen and oxygen atoms in total. The summed E-state index contributed by atoms with van der Waals surface area (Å²) in [5.41, 5.74) is 1.15. The van der Waals surface area contributed by atoms with E-state index in [4.69, 9.17) is 16.3 Å². The second kappa shape index (κ2) is 6.37. The summed E-state index contributed by atoms with van der Waals surface area (Å²) in [7, 11) is 0. The number of morpholine rings is 1. The van der Waals surface area contributed by atoms with Crippen molar-refractivity contribution in [1.29, 1.82) is 0 Å². The van der Waals surface area contributed by atoms with Crippen molar-refractivity contribution in [2.75, 3.05) is 19.6 Å². The molecule has 98 valence electrons. The normalized spacial score (nSPS) is 26.3. The Labute approximate surface area is 114 Å². The molecule has 3 heteroatoms. The van der Waals surface area contributed by atoms with Gasteiger partial charge in [0.15, 0.2) is 0 Å². The van der Waals surface area contributed by atoms with E-state index in [9.17, 15) is 0 Å². The van der Waals surface area contributed by atoms with Gasteiger partial charge in [-0.1, -0.05) is 41.9 Å². The van der Waals surface area contributed by atoms with Gasteiger partial charge in [0.1, 0.15) is 0 Å². The van der Waals surface area contributed by atoms with E-state index < -0.39 is 0 Å². The molecule has 2 rings (SSSR count). The molecule has 2 atom stereocenters. The molecule has 1 aromatic carbocycles. The summed E-state index contributed by atoms with van der Waals surface area (Å²) in [5.74, 6) is 0. The molecule has 1 aliphatic rings. The van der Waals surface area contributed by atoms with Gasteiger partial charge in [0, 0.05) is 24.7 Å². The Morgan fingerprint density at radius 1 is 1.28 bits per heavy atom. The van der Waals surface area contributed by atoms with Crippen LogP contribution in [0.3, 0.4) is 0 Å². The van der Waals surface area contributed by atoms with Crippen LogP contribution in [0.25, 0.3) is 6.08 Å². The van der Waals surface area contributed by atoms with Crippen LogP contribution in [0.15, 0.2) is 35.4 Å². The van der Waals surface area contributed by atoms with E-state index in [2.05, 4.69) is 30.9 Å². The Morgan fingerprint density at radius 3 is 2.50 bits per heavy atom. The maximum Gasteiger partial charge on any atom is 0.0678 e. The van der Waals surface area contributed by atoms with Crippen LogP contribution in [0.4, 0.5) is 0 Å². The first kappa shape index (κ1) is 13.6. The van der Waals surface area contributed by atoms with Gasteiger partial charge in [-0.2, -0.15) is 0 Å². The molecule has 0 N–H and O–H groups in total. The van der Waals surface area contributed by atoms with Crippen molar-refractivity contribution in [2.24, 2.45) is 0 Å².